The van der Waals surface area contributed by atoms with E-state index in [1.165, 1.54) is 10.5 Å². The number of anilines is 1. The standard InChI is InChI=1S/C23H28N2O3/c1-16-7-9-17(10-8-16)11-12-22(27)21-14-20(26)15-25(21)23(28)18-5-4-6-19(13-18)24(2)3/h4-10,13,20-21,26H,11-12,14-15H2,1-3H3/t20-,21+/m1/s1. The molecule has 1 saturated heterocycles. The van der Waals surface area contributed by atoms with Crippen molar-refractivity contribution in [2.24, 2.45) is 0 Å². The number of aliphatic hydroxyl groups is 1. The number of aliphatic hydroxyl groups excluding tert-OH is 1. The number of β-amino-alcohol motifs (C(OH)–C–C–N with tert-alkyl or cyclic N) is 1. The number of hydrogen-bond acceptors (Lipinski definition) is 4. The molecule has 1 heterocycles. The maximum absolute atomic E-state index is 13.0. The first-order valence-corrected chi connectivity index (χ1v) is 9.70. The predicted octanol–water partition coefficient (Wildman–Crippen LogP) is 2.84. The van der Waals surface area contributed by atoms with E-state index in [1.807, 2.05) is 68.4 Å². The summed E-state index contributed by atoms with van der Waals surface area (Å²) in [6.45, 7) is 2.23. The zero-order chi connectivity index (χ0) is 20.3. The summed E-state index contributed by atoms with van der Waals surface area (Å²) in [7, 11) is 3.83. The lowest BCUT2D eigenvalue weighted by atomic mass is 10.0. The highest BCUT2D eigenvalue weighted by Crippen LogP contribution is 2.24. The Morgan fingerprint density at radius 1 is 1.14 bits per heavy atom. The minimum Gasteiger partial charge on any atom is -0.391 e. The third kappa shape index (κ3) is 4.60. The van der Waals surface area contributed by atoms with Crippen LogP contribution in [0.1, 0.15) is 34.3 Å². The van der Waals surface area contributed by atoms with E-state index >= 15 is 0 Å². The summed E-state index contributed by atoms with van der Waals surface area (Å²) in [4.78, 5) is 29.3. The number of aryl methyl sites for hydroxylation is 2. The molecular weight excluding hydrogens is 352 g/mol. The highest BCUT2D eigenvalue weighted by atomic mass is 16.3. The predicted molar refractivity (Wildman–Crippen MR) is 111 cm³/mol. The molecular formula is C23H28N2O3. The van der Waals surface area contributed by atoms with Crippen molar-refractivity contribution in [2.45, 2.75) is 38.3 Å². The third-order valence-electron chi connectivity index (χ3n) is 5.30. The van der Waals surface area contributed by atoms with Gasteiger partial charge in [-0.2, -0.15) is 0 Å². The van der Waals surface area contributed by atoms with E-state index in [2.05, 4.69) is 0 Å². The summed E-state index contributed by atoms with van der Waals surface area (Å²) in [5.41, 5.74) is 3.75. The van der Waals surface area contributed by atoms with E-state index in [0.29, 0.717) is 24.8 Å². The van der Waals surface area contributed by atoms with E-state index in [0.717, 1.165) is 11.3 Å². The van der Waals surface area contributed by atoms with E-state index < -0.39 is 12.1 Å². The molecule has 2 atom stereocenters. The van der Waals surface area contributed by atoms with Gasteiger partial charge in [0.2, 0.25) is 0 Å². The molecule has 2 aromatic carbocycles. The highest BCUT2D eigenvalue weighted by Gasteiger charge is 2.38. The summed E-state index contributed by atoms with van der Waals surface area (Å²) in [5.74, 6) is -0.192. The number of benzene rings is 2. The van der Waals surface area contributed by atoms with Gasteiger partial charge in [-0.05, 0) is 37.1 Å². The number of ketones is 1. The first-order chi connectivity index (χ1) is 13.3. The molecule has 2 aromatic rings. The van der Waals surface area contributed by atoms with Gasteiger partial charge in [-0.25, -0.2) is 0 Å². The molecule has 1 aliphatic heterocycles. The van der Waals surface area contributed by atoms with Gasteiger partial charge in [-0.3, -0.25) is 9.59 Å². The average Bonchev–Trinajstić information content (AvgIpc) is 3.08. The monoisotopic (exact) mass is 380 g/mol. The molecule has 0 radical (unpaired) electrons. The molecule has 1 fully saturated rings. The second-order valence-electron chi connectivity index (χ2n) is 7.76. The van der Waals surface area contributed by atoms with E-state index in [9.17, 15) is 14.7 Å². The van der Waals surface area contributed by atoms with Gasteiger partial charge in [0.25, 0.3) is 5.91 Å². The minimum absolute atomic E-state index is 0.00855. The molecule has 28 heavy (non-hydrogen) atoms. The fraction of sp³-hybridized carbons (Fsp3) is 0.391. The second-order valence-corrected chi connectivity index (χ2v) is 7.76. The molecule has 0 spiro atoms. The second kappa shape index (κ2) is 8.57. The highest BCUT2D eigenvalue weighted by molar-refractivity contribution is 5.99. The first kappa shape index (κ1) is 20.1. The van der Waals surface area contributed by atoms with Crippen molar-refractivity contribution >= 4 is 17.4 Å². The van der Waals surface area contributed by atoms with Crippen molar-refractivity contribution in [2.75, 3.05) is 25.5 Å². The van der Waals surface area contributed by atoms with Crippen LogP contribution in [0.3, 0.4) is 0 Å². The van der Waals surface area contributed by atoms with Gasteiger partial charge in [-0.1, -0.05) is 35.9 Å². The SMILES string of the molecule is Cc1ccc(CCC(=O)[C@@H]2C[C@@H](O)CN2C(=O)c2cccc(N(C)C)c2)cc1. The molecule has 1 N–H and O–H groups in total. The van der Waals surface area contributed by atoms with Crippen LogP contribution >= 0.6 is 0 Å². The van der Waals surface area contributed by atoms with Crippen LogP contribution < -0.4 is 4.90 Å². The lowest BCUT2D eigenvalue weighted by molar-refractivity contribution is -0.122. The lowest BCUT2D eigenvalue weighted by Gasteiger charge is -2.24. The summed E-state index contributed by atoms with van der Waals surface area (Å²) < 4.78 is 0. The Morgan fingerprint density at radius 3 is 2.54 bits per heavy atom. The Balaban J connectivity index is 1.71. The van der Waals surface area contributed by atoms with Crippen LogP contribution in [0, 0.1) is 6.92 Å². The van der Waals surface area contributed by atoms with Crippen LogP contribution in [0.15, 0.2) is 48.5 Å². The topological polar surface area (TPSA) is 60.9 Å². The summed E-state index contributed by atoms with van der Waals surface area (Å²) >= 11 is 0. The number of rotatable bonds is 6. The van der Waals surface area contributed by atoms with Crippen LogP contribution in [-0.2, 0) is 11.2 Å². The zero-order valence-corrected chi connectivity index (χ0v) is 16.8. The van der Waals surface area contributed by atoms with E-state index in [4.69, 9.17) is 0 Å². The third-order valence-corrected chi connectivity index (χ3v) is 5.30. The molecule has 0 aliphatic carbocycles. The van der Waals surface area contributed by atoms with Gasteiger partial charge >= 0.3 is 0 Å². The van der Waals surface area contributed by atoms with Crippen LogP contribution in [0.25, 0.3) is 0 Å². The fourth-order valence-electron chi connectivity index (χ4n) is 3.62. The quantitative estimate of drug-likeness (QED) is 0.837. The largest absolute Gasteiger partial charge is 0.391 e. The normalized spacial score (nSPS) is 18.9. The molecule has 148 valence electrons. The summed E-state index contributed by atoms with van der Waals surface area (Å²) in [6, 6.07) is 14.9. The molecule has 5 heteroatoms. The number of carbonyl (C=O) groups excluding carboxylic acids is 2. The zero-order valence-electron chi connectivity index (χ0n) is 16.8. The molecule has 1 aliphatic rings. The fourth-order valence-corrected chi connectivity index (χ4v) is 3.62. The van der Waals surface area contributed by atoms with Crippen molar-refractivity contribution in [3.8, 4) is 0 Å². The van der Waals surface area contributed by atoms with Gasteiger partial charge in [0.05, 0.1) is 12.1 Å². The molecule has 0 saturated carbocycles. The van der Waals surface area contributed by atoms with E-state index in [-0.39, 0.29) is 18.2 Å². The minimum atomic E-state index is -0.658. The van der Waals surface area contributed by atoms with Crippen molar-refractivity contribution in [1.29, 1.82) is 0 Å². The Bertz CT molecular complexity index is 845. The number of nitrogens with zero attached hydrogens (tertiary/aromatic N) is 2. The molecule has 0 unspecified atom stereocenters. The molecule has 0 bridgehead atoms. The average molecular weight is 380 g/mol. The lowest BCUT2D eigenvalue weighted by Crippen LogP contribution is -2.40. The van der Waals surface area contributed by atoms with Crippen LogP contribution in [0.4, 0.5) is 5.69 Å². The number of hydrogen-bond donors (Lipinski definition) is 1. The van der Waals surface area contributed by atoms with Crippen molar-refractivity contribution < 1.29 is 14.7 Å². The van der Waals surface area contributed by atoms with Crippen molar-refractivity contribution in [3.05, 3.63) is 65.2 Å². The summed E-state index contributed by atoms with van der Waals surface area (Å²) in [6.07, 6.45) is 0.659. The molecule has 3 rings (SSSR count). The Labute approximate surface area is 166 Å². The van der Waals surface area contributed by atoms with Crippen LogP contribution in [-0.4, -0.2) is 54.5 Å². The van der Waals surface area contributed by atoms with Gasteiger partial charge in [0, 0.05) is 44.7 Å². The Kier molecular flexibility index (Phi) is 6.15. The molecule has 1 amide bonds. The van der Waals surface area contributed by atoms with Gasteiger partial charge in [-0.15, -0.1) is 0 Å². The first-order valence-electron chi connectivity index (χ1n) is 9.70. The Morgan fingerprint density at radius 2 is 1.86 bits per heavy atom. The Hall–Kier alpha value is -2.66. The molecule has 5 nitrogen and oxygen atoms in total. The van der Waals surface area contributed by atoms with Crippen molar-refractivity contribution in [1.82, 2.24) is 4.90 Å². The van der Waals surface area contributed by atoms with Crippen molar-refractivity contribution in [3.63, 3.8) is 0 Å². The van der Waals surface area contributed by atoms with Crippen LogP contribution in [0.2, 0.25) is 0 Å². The van der Waals surface area contributed by atoms with E-state index in [1.54, 1.807) is 6.07 Å². The van der Waals surface area contributed by atoms with Gasteiger partial charge < -0.3 is 14.9 Å². The van der Waals surface area contributed by atoms with Gasteiger partial charge in [0.15, 0.2) is 5.78 Å². The maximum Gasteiger partial charge on any atom is 0.254 e. The number of Topliss-reactive ketones (excluding diaryl/α,β-unsaturated/α-hetero) is 1. The maximum atomic E-state index is 13.0. The number of likely N-dealkylation sites (tertiary alicyclic amines) is 1. The number of amides is 1. The van der Waals surface area contributed by atoms with Crippen LogP contribution in [0.5, 0.6) is 0 Å². The number of carbonyl (C=O) groups is 2. The van der Waals surface area contributed by atoms with Gasteiger partial charge in [0.1, 0.15) is 0 Å². The smallest absolute Gasteiger partial charge is 0.254 e. The molecule has 0 aromatic heterocycles. The summed E-state index contributed by atoms with van der Waals surface area (Å²) in [5, 5.41) is 10.1.